The second-order valence-electron chi connectivity index (χ2n) is 3.10. The highest BCUT2D eigenvalue weighted by atomic mass is 15.0. The van der Waals surface area contributed by atoms with Crippen LogP contribution in [0.3, 0.4) is 0 Å². The number of aryl methyl sites for hydroxylation is 2. The quantitative estimate of drug-likeness (QED) is 0.556. The smallest absolute Gasteiger partial charge is 0.0222 e. The van der Waals surface area contributed by atoms with Gasteiger partial charge in [-0.3, -0.25) is 0 Å². The Bertz CT molecular complexity index is 235. The molecule has 2 rings (SSSR count). The van der Waals surface area contributed by atoms with Gasteiger partial charge in [-0.05, 0) is 37.8 Å². The molecule has 0 aliphatic carbocycles. The van der Waals surface area contributed by atoms with Crippen LogP contribution in [0.5, 0.6) is 0 Å². The number of aromatic nitrogens is 1. The lowest BCUT2D eigenvalue weighted by molar-refractivity contribution is 0.531. The first-order valence-corrected chi connectivity index (χ1v) is 5.02. The summed E-state index contributed by atoms with van der Waals surface area (Å²) in [5.74, 6) is 0. The van der Waals surface area contributed by atoms with E-state index < -0.39 is 0 Å². The Balaban J connectivity index is 0.000000336. The van der Waals surface area contributed by atoms with Crippen molar-refractivity contribution in [1.82, 2.24) is 4.57 Å². The molecule has 0 unspecified atom stereocenters. The number of fused-ring (bicyclic) bond motifs is 1. The molecule has 1 aliphatic heterocycles. The van der Waals surface area contributed by atoms with Gasteiger partial charge >= 0.3 is 0 Å². The summed E-state index contributed by atoms with van der Waals surface area (Å²) < 4.78 is 2.39. The van der Waals surface area contributed by atoms with Gasteiger partial charge in [0.05, 0.1) is 0 Å². The zero-order valence-corrected chi connectivity index (χ0v) is 8.43. The third kappa shape index (κ3) is 1.71. The largest absolute Gasteiger partial charge is 0.351 e. The van der Waals surface area contributed by atoms with E-state index in [0.29, 0.717) is 0 Å². The first kappa shape index (κ1) is 9.37. The van der Waals surface area contributed by atoms with Crippen LogP contribution in [0.1, 0.15) is 37.9 Å². The summed E-state index contributed by atoms with van der Waals surface area (Å²) in [4.78, 5) is 0. The molecule has 68 valence electrons. The second-order valence-corrected chi connectivity index (χ2v) is 3.10. The lowest BCUT2D eigenvalue weighted by atomic mass is 10.1. The van der Waals surface area contributed by atoms with E-state index in [2.05, 4.69) is 23.8 Å². The van der Waals surface area contributed by atoms with Gasteiger partial charge in [0.25, 0.3) is 0 Å². The summed E-state index contributed by atoms with van der Waals surface area (Å²) in [6, 6.07) is 2.22. The van der Waals surface area contributed by atoms with E-state index in [1.54, 1.807) is 5.69 Å². The van der Waals surface area contributed by atoms with E-state index >= 15 is 0 Å². The fourth-order valence-corrected chi connectivity index (χ4v) is 1.74. The summed E-state index contributed by atoms with van der Waals surface area (Å²) in [5.41, 5.74) is 3.03. The molecule has 0 fully saturated rings. The van der Waals surface area contributed by atoms with Crippen molar-refractivity contribution in [3.8, 4) is 0 Å². The molecule has 1 aromatic heterocycles. The molecule has 1 aromatic rings. The van der Waals surface area contributed by atoms with Crippen LogP contribution in [-0.4, -0.2) is 4.57 Å². The molecular weight excluding hydrogens is 146 g/mol. The summed E-state index contributed by atoms with van der Waals surface area (Å²) in [6.07, 6.45) is 6.24. The molecule has 0 bridgehead atoms. The lowest BCUT2D eigenvalue weighted by Gasteiger charge is -2.15. The molecule has 0 N–H and O–H groups in total. The molecule has 2 heterocycles. The number of hydrogen-bond acceptors (Lipinski definition) is 0. The molecule has 1 nitrogen and oxygen atoms in total. The average Bonchev–Trinajstić information content (AvgIpc) is 2.53. The van der Waals surface area contributed by atoms with E-state index in [1.807, 2.05) is 13.8 Å². The van der Waals surface area contributed by atoms with Crippen molar-refractivity contribution in [2.24, 2.45) is 0 Å². The molecule has 0 saturated heterocycles. The van der Waals surface area contributed by atoms with Gasteiger partial charge in [-0.2, -0.15) is 0 Å². The van der Waals surface area contributed by atoms with Crippen LogP contribution in [0.2, 0.25) is 0 Å². The van der Waals surface area contributed by atoms with Crippen LogP contribution >= 0.6 is 0 Å². The molecule has 0 radical (unpaired) electrons. The molecule has 0 atom stereocenters. The highest BCUT2D eigenvalue weighted by Gasteiger charge is 2.09. The van der Waals surface area contributed by atoms with E-state index in [4.69, 9.17) is 0 Å². The Hall–Kier alpha value is -0.720. The topological polar surface area (TPSA) is 4.93 Å². The second kappa shape index (κ2) is 4.34. The normalized spacial score (nSPS) is 14.6. The van der Waals surface area contributed by atoms with E-state index in [1.165, 1.54) is 31.4 Å². The van der Waals surface area contributed by atoms with Crippen molar-refractivity contribution < 1.29 is 0 Å². The predicted octanol–water partition coefficient (Wildman–Crippen LogP) is 3.16. The summed E-state index contributed by atoms with van der Waals surface area (Å²) in [7, 11) is 0. The molecule has 0 saturated carbocycles. The zero-order valence-electron chi connectivity index (χ0n) is 8.43. The van der Waals surface area contributed by atoms with Crippen molar-refractivity contribution in [3.05, 3.63) is 23.5 Å². The van der Waals surface area contributed by atoms with Gasteiger partial charge < -0.3 is 4.57 Å². The number of rotatable bonds is 0. The molecule has 0 amide bonds. The Kier molecular flexibility index (Phi) is 3.39. The summed E-state index contributed by atoms with van der Waals surface area (Å²) >= 11 is 0. The van der Waals surface area contributed by atoms with Crippen LogP contribution in [0.15, 0.2) is 12.3 Å². The average molecular weight is 165 g/mol. The standard InChI is InChI=1S/C9H13N.C2H6/c1-8-5-7-10-6-3-2-4-9(8)10;1-2/h5,7H,2-4,6H2,1H3;1-2H3. The maximum absolute atomic E-state index is 2.39. The minimum atomic E-state index is 1.24. The molecule has 1 heteroatoms. The Morgan fingerprint density at radius 1 is 1.25 bits per heavy atom. The third-order valence-corrected chi connectivity index (χ3v) is 2.37. The third-order valence-electron chi connectivity index (χ3n) is 2.37. The fraction of sp³-hybridized carbons (Fsp3) is 0.636. The maximum Gasteiger partial charge on any atom is 0.0222 e. The van der Waals surface area contributed by atoms with Gasteiger partial charge in [-0.1, -0.05) is 13.8 Å². The number of hydrogen-bond donors (Lipinski definition) is 0. The summed E-state index contributed by atoms with van der Waals surface area (Å²) in [6.45, 7) is 7.44. The van der Waals surface area contributed by atoms with E-state index in [0.717, 1.165) is 0 Å². The van der Waals surface area contributed by atoms with E-state index in [9.17, 15) is 0 Å². The Labute approximate surface area is 75.4 Å². The SMILES string of the molecule is CC.Cc1ccn2c1CCCC2. The van der Waals surface area contributed by atoms with Crippen LogP contribution in [0.25, 0.3) is 0 Å². The van der Waals surface area contributed by atoms with Crippen LogP contribution in [-0.2, 0) is 13.0 Å². The molecule has 0 spiro atoms. The van der Waals surface area contributed by atoms with Gasteiger partial charge in [-0.15, -0.1) is 0 Å². The van der Waals surface area contributed by atoms with Crippen molar-refractivity contribution in [1.29, 1.82) is 0 Å². The predicted molar refractivity (Wildman–Crippen MR) is 53.5 cm³/mol. The lowest BCUT2D eigenvalue weighted by Crippen LogP contribution is -2.08. The molecule has 1 aliphatic rings. The fourth-order valence-electron chi connectivity index (χ4n) is 1.74. The first-order chi connectivity index (χ1) is 5.88. The summed E-state index contributed by atoms with van der Waals surface area (Å²) in [5, 5.41) is 0. The van der Waals surface area contributed by atoms with Crippen LogP contribution in [0, 0.1) is 6.92 Å². The van der Waals surface area contributed by atoms with Gasteiger partial charge in [0, 0.05) is 18.4 Å². The van der Waals surface area contributed by atoms with Crippen molar-refractivity contribution in [3.63, 3.8) is 0 Å². The van der Waals surface area contributed by atoms with Crippen LogP contribution < -0.4 is 0 Å². The van der Waals surface area contributed by atoms with Crippen molar-refractivity contribution >= 4 is 0 Å². The molecule has 0 aromatic carbocycles. The highest BCUT2D eigenvalue weighted by Crippen LogP contribution is 2.18. The first-order valence-electron chi connectivity index (χ1n) is 5.02. The number of nitrogens with zero attached hydrogens (tertiary/aromatic N) is 1. The zero-order chi connectivity index (χ0) is 8.97. The van der Waals surface area contributed by atoms with E-state index in [-0.39, 0.29) is 0 Å². The monoisotopic (exact) mass is 165 g/mol. The highest BCUT2D eigenvalue weighted by molar-refractivity contribution is 5.21. The minimum Gasteiger partial charge on any atom is -0.351 e. The Morgan fingerprint density at radius 3 is 2.67 bits per heavy atom. The minimum absolute atomic E-state index is 1.24. The Morgan fingerprint density at radius 2 is 2.00 bits per heavy atom. The van der Waals surface area contributed by atoms with Gasteiger partial charge in [0.15, 0.2) is 0 Å². The maximum atomic E-state index is 2.39. The van der Waals surface area contributed by atoms with Gasteiger partial charge in [0.1, 0.15) is 0 Å². The van der Waals surface area contributed by atoms with Gasteiger partial charge in [-0.25, -0.2) is 0 Å². The van der Waals surface area contributed by atoms with Gasteiger partial charge in [0.2, 0.25) is 0 Å². The molecular formula is C11H19N. The van der Waals surface area contributed by atoms with Crippen molar-refractivity contribution in [2.45, 2.75) is 46.6 Å². The molecule has 12 heavy (non-hydrogen) atoms. The van der Waals surface area contributed by atoms with Crippen molar-refractivity contribution in [2.75, 3.05) is 0 Å². The van der Waals surface area contributed by atoms with Crippen LogP contribution in [0.4, 0.5) is 0 Å².